The van der Waals surface area contributed by atoms with E-state index in [9.17, 15) is 8.42 Å². The molecule has 5 nitrogen and oxygen atoms in total. The number of rotatable bonds is 2. The first-order valence-electron chi connectivity index (χ1n) is 7.26. The lowest BCUT2D eigenvalue weighted by atomic mass is 9.91. The van der Waals surface area contributed by atoms with Crippen molar-refractivity contribution in [2.24, 2.45) is 0 Å². The maximum Gasteiger partial charge on any atom is 0.243 e. The van der Waals surface area contributed by atoms with Gasteiger partial charge in [0, 0.05) is 6.54 Å². The van der Waals surface area contributed by atoms with Gasteiger partial charge in [-0.05, 0) is 31.0 Å². The second-order valence-corrected chi connectivity index (χ2v) is 7.41. The van der Waals surface area contributed by atoms with E-state index in [2.05, 4.69) is 0 Å². The number of fused-ring (bicyclic) bond motifs is 1. The average molecular weight is 306 g/mol. The van der Waals surface area contributed by atoms with E-state index in [-0.39, 0.29) is 17.0 Å². The quantitative estimate of drug-likeness (QED) is 0.836. The molecule has 0 spiro atoms. The van der Waals surface area contributed by atoms with E-state index < -0.39 is 10.0 Å². The molecule has 112 valence electrons. The lowest BCUT2D eigenvalue weighted by Crippen LogP contribution is -2.54. The van der Waals surface area contributed by atoms with Crippen LogP contribution in [-0.2, 0) is 14.8 Å². The van der Waals surface area contributed by atoms with Crippen LogP contribution in [0.5, 0.6) is 0 Å². The van der Waals surface area contributed by atoms with Crippen LogP contribution in [0.15, 0.2) is 29.2 Å². The molecule has 1 heterocycles. The van der Waals surface area contributed by atoms with Crippen molar-refractivity contribution >= 4 is 10.0 Å². The summed E-state index contributed by atoms with van der Waals surface area (Å²) in [5.74, 6) is 0. The van der Waals surface area contributed by atoms with Gasteiger partial charge in [0.05, 0.1) is 35.3 Å². The number of hydrogen-bond donors (Lipinski definition) is 0. The van der Waals surface area contributed by atoms with Gasteiger partial charge >= 0.3 is 0 Å². The van der Waals surface area contributed by atoms with Crippen LogP contribution < -0.4 is 0 Å². The minimum absolute atomic E-state index is 0.0152. The summed E-state index contributed by atoms with van der Waals surface area (Å²) in [5, 5.41) is 8.95. The zero-order valence-electron chi connectivity index (χ0n) is 11.7. The number of morpholine rings is 1. The summed E-state index contributed by atoms with van der Waals surface area (Å²) in [6, 6.07) is 8.16. The summed E-state index contributed by atoms with van der Waals surface area (Å²) in [4.78, 5) is 0.202. The van der Waals surface area contributed by atoms with Crippen molar-refractivity contribution in [2.45, 2.75) is 42.7 Å². The van der Waals surface area contributed by atoms with Gasteiger partial charge in [-0.25, -0.2) is 8.42 Å². The smallest absolute Gasteiger partial charge is 0.243 e. The number of sulfonamides is 1. The summed E-state index contributed by atoms with van der Waals surface area (Å²) in [7, 11) is -3.56. The molecule has 0 unspecified atom stereocenters. The number of nitrogens with zero attached hydrogens (tertiary/aromatic N) is 2. The monoisotopic (exact) mass is 306 g/mol. The average Bonchev–Trinajstić information content (AvgIpc) is 2.54. The van der Waals surface area contributed by atoms with Crippen LogP contribution in [0, 0.1) is 11.3 Å². The highest BCUT2D eigenvalue weighted by atomic mass is 32.2. The molecular formula is C15H18N2O3S. The molecule has 2 fully saturated rings. The Morgan fingerprint density at radius 3 is 2.90 bits per heavy atom. The maximum absolute atomic E-state index is 12.9. The van der Waals surface area contributed by atoms with Gasteiger partial charge < -0.3 is 4.74 Å². The number of benzene rings is 1. The third kappa shape index (κ3) is 2.69. The Morgan fingerprint density at radius 2 is 2.10 bits per heavy atom. The largest absolute Gasteiger partial charge is 0.375 e. The molecule has 0 radical (unpaired) electrons. The topological polar surface area (TPSA) is 70.4 Å². The van der Waals surface area contributed by atoms with Crippen molar-refractivity contribution in [3.05, 3.63) is 29.8 Å². The highest BCUT2D eigenvalue weighted by molar-refractivity contribution is 7.89. The molecule has 1 aromatic rings. The summed E-state index contributed by atoms with van der Waals surface area (Å²) < 4.78 is 33.1. The van der Waals surface area contributed by atoms with E-state index in [1.807, 2.05) is 6.07 Å². The standard InChI is InChI=1S/C15H18N2O3S/c16-11-12-4-3-5-13(10-12)21(18,19)17-8-9-20-15-7-2-1-6-14(15)17/h3-5,10,14-15H,1-2,6-9H2/t14-,15+/m0/s1. The van der Waals surface area contributed by atoms with Crippen LogP contribution in [0.2, 0.25) is 0 Å². The minimum atomic E-state index is -3.56. The van der Waals surface area contributed by atoms with E-state index in [4.69, 9.17) is 10.00 Å². The van der Waals surface area contributed by atoms with Crippen molar-refractivity contribution in [3.63, 3.8) is 0 Å². The number of ether oxygens (including phenoxy) is 1. The molecular weight excluding hydrogens is 288 g/mol. The molecule has 0 aromatic heterocycles. The molecule has 2 atom stereocenters. The predicted molar refractivity (Wildman–Crippen MR) is 77.0 cm³/mol. The van der Waals surface area contributed by atoms with Crippen molar-refractivity contribution in [1.29, 1.82) is 5.26 Å². The fraction of sp³-hybridized carbons (Fsp3) is 0.533. The molecule has 2 aliphatic rings. The lowest BCUT2D eigenvalue weighted by Gasteiger charge is -2.42. The second kappa shape index (κ2) is 5.76. The molecule has 1 saturated heterocycles. The van der Waals surface area contributed by atoms with Gasteiger partial charge in [-0.3, -0.25) is 0 Å². The van der Waals surface area contributed by atoms with Crippen LogP contribution in [-0.4, -0.2) is 38.0 Å². The summed E-state index contributed by atoms with van der Waals surface area (Å²) in [6.45, 7) is 0.832. The van der Waals surface area contributed by atoms with Crippen molar-refractivity contribution < 1.29 is 13.2 Å². The molecule has 0 bridgehead atoms. The van der Waals surface area contributed by atoms with Gasteiger partial charge in [0.15, 0.2) is 0 Å². The second-order valence-electron chi connectivity index (χ2n) is 5.52. The molecule has 0 amide bonds. The summed E-state index contributed by atoms with van der Waals surface area (Å²) in [6.07, 6.45) is 3.92. The van der Waals surface area contributed by atoms with Crippen LogP contribution in [0.3, 0.4) is 0 Å². The Labute approximate surface area is 125 Å². The fourth-order valence-electron chi connectivity index (χ4n) is 3.22. The Morgan fingerprint density at radius 1 is 1.29 bits per heavy atom. The predicted octanol–water partition coefficient (Wildman–Crippen LogP) is 1.89. The van der Waals surface area contributed by atoms with E-state index in [1.165, 1.54) is 6.07 Å². The highest BCUT2D eigenvalue weighted by Gasteiger charge is 2.40. The molecule has 21 heavy (non-hydrogen) atoms. The van der Waals surface area contributed by atoms with E-state index in [0.717, 1.165) is 25.7 Å². The third-order valence-corrected chi connectivity index (χ3v) is 6.17. The zero-order chi connectivity index (χ0) is 14.9. The van der Waals surface area contributed by atoms with E-state index >= 15 is 0 Å². The normalized spacial score (nSPS) is 26.8. The summed E-state index contributed by atoms with van der Waals surface area (Å²) in [5.41, 5.74) is 0.365. The Bertz CT molecular complexity index is 664. The minimum Gasteiger partial charge on any atom is -0.375 e. The van der Waals surface area contributed by atoms with E-state index in [0.29, 0.717) is 18.7 Å². The van der Waals surface area contributed by atoms with E-state index in [1.54, 1.807) is 22.5 Å². The number of nitriles is 1. The van der Waals surface area contributed by atoms with Crippen molar-refractivity contribution in [1.82, 2.24) is 4.31 Å². The first kappa shape index (κ1) is 14.5. The van der Waals surface area contributed by atoms with Crippen LogP contribution in [0.1, 0.15) is 31.2 Å². The molecule has 1 aromatic carbocycles. The first-order valence-corrected chi connectivity index (χ1v) is 8.70. The SMILES string of the molecule is N#Cc1cccc(S(=O)(=O)N2CCO[C@@H]3CCCC[C@@H]32)c1. The zero-order valence-corrected chi connectivity index (χ0v) is 12.6. The maximum atomic E-state index is 12.9. The lowest BCUT2D eigenvalue weighted by molar-refractivity contribution is -0.0586. The van der Waals surface area contributed by atoms with Crippen molar-refractivity contribution in [2.75, 3.05) is 13.2 Å². The molecule has 6 heteroatoms. The molecule has 3 rings (SSSR count). The number of hydrogen-bond acceptors (Lipinski definition) is 4. The fourth-order valence-corrected chi connectivity index (χ4v) is 4.93. The van der Waals surface area contributed by atoms with Gasteiger partial charge in [-0.1, -0.05) is 18.9 Å². The molecule has 1 aliphatic carbocycles. The molecule has 0 N–H and O–H groups in total. The third-order valence-electron chi connectivity index (χ3n) is 4.25. The Balaban J connectivity index is 1.94. The molecule has 1 saturated carbocycles. The van der Waals surface area contributed by atoms with Gasteiger partial charge in [-0.15, -0.1) is 0 Å². The highest BCUT2D eigenvalue weighted by Crippen LogP contribution is 2.32. The van der Waals surface area contributed by atoms with Gasteiger partial charge in [-0.2, -0.15) is 9.57 Å². The Kier molecular flexibility index (Phi) is 3.98. The van der Waals surface area contributed by atoms with Gasteiger partial charge in [0.2, 0.25) is 10.0 Å². The van der Waals surface area contributed by atoms with Crippen LogP contribution in [0.4, 0.5) is 0 Å². The molecule has 1 aliphatic heterocycles. The first-order chi connectivity index (χ1) is 10.1. The Hall–Kier alpha value is -1.42. The van der Waals surface area contributed by atoms with Crippen LogP contribution in [0.25, 0.3) is 0 Å². The van der Waals surface area contributed by atoms with Gasteiger partial charge in [0.25, 0.3) is 0 Å². The van der Waals surface area contributed by atoms with Crippen LogP contribution >= 0.6 is 0 Å². The van der Waals surface area contributed by atoms with Gasteiger partial charge in [0.1, 0.15) is 0 Å². The summed E-state index contributed by atoms with van der Waals surface area (Å²) >= 11 is 0. The van der Waals surface area contributed by atoms with Crippen molar-refractivity contribution in [3.8, 4) is 6.07 Å².